The number of carbonyl (C=O) groups is 2. The third-order valence-electron chi connectivity index (χ3n) is 3.71. The summed E-state index contributed by atoms with van der Waals surface area (Å²) in [4.78, 5) is 34.8. The zero-order valence-electron chi connectivity index (χ0n) is 14.7. The Morgan fingerprint density at radius 2 is 1.74 bits per heavy atom. The van der Waals surface area contributed by atoms with Gasteiger partial charge >= 0.3 is 0 Å². The fraction of sp³-hybridized carbons (Fsp3) is 0.222. The third kappa shape index (κ3) is 5.18. The van der Waals surface area contributed by atoms with Crippen LogP contribution in [0.3, 0.4) is 0 Å². The van der Waals surface area contributed by atoms with Crippen molar-refractivity contribution in [2.75, 3.05) is 19.5 Å². The Morgan fingerprint density at radius 3 is 2.37 bits per heavy atom. The molecule has 0 radical (unpaired) electrons. The Kier molecular flexibility index (Phi) is 6.73. The first kappa shape index (κ1) is 20.2. The monoisotopic (exact) mass is 392 g/mol. The molecule has 0 bridgehead atoms. The van der Waals surface area contributed by atoms with Gasteiger partial charge in [-0.3, -0.25) is 19.7 Å². The van der Waals surface area contributed by atoms with Crippen molar-refractivity contribution in [1.29, 1.82) is 0 Å². The summed E-state index contributed by atoms with van der Waals surface area (Å²) in [6.07, 6.45) is -0.208. The lowest BCUT2D eigenvalue weighted by Gasteiger charge is -2.10. The van der Waals surface area contributed by atoms with E-state index >= 15 is 0 Å². The van der Waals surface area contributed by atoms with Crippen LogP contribution in [0.25, 0.3) is 0 Å². The number of halogens is 1. The fourth-order valence-electron chi connectivity index (χ4n) is 2.38. The van der Waals surface area contributed by atoms with Crippen molar-refractivity contribution in [3.63, 3.8) is 0 Å². The predicted molar refractivity (Wildman–Crippen MR) is 99.8 cm³/mol. The van der Waals surface area contributed by atoms with Crippen molar-refractivity contribution in [3.8, 4) is 11.5 Å². The lowest BCUT2D eigenvalue weighted by Crippen LogP contribution is -2.14. The number of non-ortho nitro benzene ring substituents is 1. The maximum atomic E-state index is 12.4. The van der Waals surface area contributed by atoms with E-state index in [1.807, 2.05) is 0 Å². The van der Waals surface area contributed by atoms with Gasteiger partial charge in [0.05, 0.1) is 30.4 Å². The topological polar surface area (TPSA) is 108 Å². The van der Waals surface area contributed by atoms with E-state index in [9.17, 15) is 19.7 Å². The van der Waals surface area contributed by atoms with Crippen molar-refractivity contribution < 1.29 is 24.0 Å². The number of nitro groups is 1. The van der Waals surface area contributed by atoms with Crippen LogP contribution >= 0.6 is 11.6 Å². The highest BCUT2D eigenvalue weighted by Gasteiger charge is 2.17. The van der Waals surface area contributed by atoms with Crippen LogP contribution < -0.4 is 14.8 Å². The van der Waals surface area contributed by atoms with Crippen LogP contribution in [0.15, 0.2) is 36.4 Å². The molecular formula is C18H17ClN2O6. The standard InChI is InChI=1S/C18H17ClN2O6/c1-26-16-6-3-11(19)9-13(16)15(22)5-8-18(23)20-14-10-12(21(24)25)4-7-17(14)27-2/h3-4,6-7,9-10H,5,8H2,1-2H3,(H,20,23). The number of rotatable bonds is 8. The number of Topliss-reactive ketones (excluding diaryl/α,β-unsaturated/α-hetero) is 1. The Labute approximate surface area is 160 Å². The molecule has 2 rings (SSSR count). The van der Waals surface area contributed by atoms with E-state index in [2.05, 4.69) is 5.32 Å². The molecule has 142 valence electrons. The first-order valence-electron chi connectivity index (χ1n) is 7.84. The molecule has 2 aromatic carbocycles. The Hall–Kier alpha value is -3.13. The SMILES string of the molecule is COc1ccc([N+](=O)[O-])cc1NC(=O)CCC(=O)c1cc(Cl)ccc1OC. The molecule has 0 unspecified atom stereocenters. The molecule has 0 atom stereocenters. The zero-order chi connectivity index (χ0) is 20.0. The maximum absolute atomic E-state index is 12.4. The number of ketones is 1. The lowest BCUT2D eigenvalue weighted by atomic mass is 10.1. The Bertz CT molecular complexity index is 884. The molecule has 0 aliphatic rings. The minimum absolute atomic E-state index is 0.0836. The van der Waals surface area contributed by atoms with E-state index in [0.29, 0.717) is 10.8 Å². The largest absolute Gasteiger partial charge is 0.496 e. The van der Waals surface area contributed by atoms with Gasteiger partial charge in [-0.1, -0.05) is 11.6 Å². The molecule has 0 spiro atoms. The van der Waals surface area contributed by atoms with E-state index in [1.54, 1.807) is 12.1 Å². The highest BCUT2D eigenvalue weighted by molar-refractivity contribution is 6.31. The summed E-state index contributed by atoms with van der Waals surface area (Å²) in [7, 11) is 2.81. The molecule has 8 nitrogen and oxygen atoms in total. The molecule has 1 N–H and O–H groups in total. The van der Waals surface area contributed by atoms with Crippen molar-refractivity contribution in [1.82, 2.24) is 0 Å². The van der Waals surface area contributed by atoms with E-state index in [1.165, 1.54) is 38.5 Å². The maximum Gasteiger partial charge on any atom is 0.271 e. The van der Waals surface area contributed by atoms with Crippen LogP contribution in [0.5, 0.6) is 11.5 Å². The van der Waals surface area contributed by atoms with Crippen molar-refractivity contribution in [2.45, 2.75) is 12.8 Å². The molecule has 1 amide bonds. The predicted octanol–water partition coefficient (Wildman–Crippen LogP) is 3.87. The summed E-state index contributed by atoms with van der Waals surface area (Å²) in [5.74, 6) is -0.152. The minimum atomic E-state index is -0.579. The Morgan fingerprint density at radius 1 is 1.07 bits per heavy atom. The zero-order valence-corrected chi connectivity index (χ0v) is 15.4. The average Bonchev–Trinajstić information content (AvgIpc) is 2.65. The van der Waals surface area contributed by atoms with Crippen LogP contribution in [-0.2, 0) is 4.79 Å². The molecule has 27 heavy (non-hydrogen) atoms. The van der Waals surface area contributed by atoms with Gasteiger partial charge in [0.25, 0.3) is 5.69 Å². The third-order valence-corrected chi connectivity index (χ3v) is 3.94. The lowest BCUT2D eigenvalue weighted by molar-refractivity contribution is -0.384. The minimum Gasteiger partial charge on any atom is -0.496 e. The molecule has 0 aliphatic heterocycles. The van der Waals surface area contributed by atoms with Gasteiger partial charge in [0.1, 0.15) is 11.5 Å². The first-order chi connectivity index (χ1) is 12.8. The summed E-state index contributed by atoms with van der Waals surface area (Å²) in [5.41, 5.74) is 0.251. The van der Waals surface area contributed by atoms with Gasteiger partial charge < -0.3 is 14.8 Å². The van der Waals surface area contributed by atoms with E-state index in [0.717, 1.165) is 0 Å². The molecule has 0 aliphatic carbocycles. The van der Waals surface area contributed by atoms with Gasteiger partial charge in [0.2, 0.25) is 5.91 Å². The van der Waals surface area contributed by atoms with Gasteiger partial charge in [0, 0.05) is 30.0 Å². The number of anilines is 1. The smallest absolute Gasteiger partial charge is 0.271 e. The molecule has 2 aromatic rings. The molecule has 0 saturated carbocycles. The van der Waals surface area contributed by atoms with Crippen LogP contribution in [0.1, 0.15) is 23.2 Å². The molecule has 0 heterocycles. The summed E-state index contributed by atoms with van der Waals surface area (Å²) in [6.45, 7) is 0. The van der Waals surface area contributed by atoms with Gasteiger partial charge in [-0.2, -0.15) is 0 Å². The second-order valence-electron chi connectivity index (χ2n) is 5.46. The van der Waals surface area contributed by atoms with E-state index in [4.69, 9.17) is 21.1 Å². The van der Waals surface area contributed by atoms with Gasteiger partial charge in [-0.05, 0) is 24.3 Å². The number of ether oxygens (including phenoxy) is 2. The Balaban J connectivity index is 2.07. The molecule has 0 aromatic heterocycles. The number of benzene rings is 2. The number of carbonyl (C=O) groups excluding carboxylic acids is 2. The summed E-state index contributed by atoms with van der Waals surface area (Å²) in [5, 5.41) is 13.8. The highest BCUT2D eigenvalue weighted by atomic mass is 35.5. The van der Waals surface area contributed by atoms with Crippen molar-refractivity contribution in [2.24, 2.45) is 0 Å². The van der Waals surface area contributed by atoms with E-state index < -0.39 is 10.8 Å². The summed E-state index contributed by atoms with van der Waals surface area (Å²) >= 11 is 5.91. The average molecular weight is 393 g/mol. The second kappa shape index (κ2) is 9.00. The summed E-state index contributed by atoms with van der Waals surface area (Å²) in [6, 6.07) is 8.49. The van der Waals surface area contributed by atoms with Crippen LogP contribution in [0.2, 0.25) is 5.02 Å². The number of amides is 1. The second-order valence-corrected chi connectivity index (χ2v) is 5.89. The number of hydrogen-bond donors (Lipinski definition) is 1. The number of nitrogens with zero attached hydrogens (tertiary/aromatic N) is 1. The van der Waals surface area contributed by atoms with E-state index in [-0.39, 0.29) is 41.3 Å². The van der Waals surface area contributed by atoms with Gasteiger partial charge in [0.15, 0.2) is 5.78 Å². The van der Waals surface area contributed by atoms with Crippen LogP contribution in [0, 0.1) is 10.1 Å². The number of nitrogens with one attached hydrogen (secondary N) is 1. The molecular weight excluding hydrogens is 376 g/mol. The number of hydrogen-bond acceptors (Lipinski definition) is 6. The highest BCUT2D eigenvalue weighted by Crippen LogP contribution is 2.29. The first-order valence-corrected chi connectivity index (χ1v) is 8.22. The van der Waals surface area contributed by atoms with Crippen LogP contribution in [0.4, 0.5) is 11.4 Å². The molecule has 9 heteroatoms. The van der Waals surface area contributed by atoms with Crippen LogP contribution in [-0.4, -0.2) is 30.8 Å². The molecule has 0 saturated heterocycles. The van der Waals surface area contributed by atoms with Gasteiger partial charge in [-0.25, -0.2) is 0 Å². The van der Waals surface area contributed by atoms with Crippen molar-refractivity contribution >= 4 is 34.7 Å². The van der Waals surface area contributed by atoms with Crippen molar-refractivity contribution in [3.05, 3.63) is 57.1 Å². The normalized spacial score (nSPS) is 10.2. The number of methoxy groups -OCH3 is 2. The fourth-order valence-corrected chi connectivity index (χ4v) is 2.55. The summed E-state index contributed by atoms with van der Waals surface area (Å²) < 4.78 is 10.2. The van der Waals surface area contributed by atoms with Gasteiger partial charge in [-0.15, -0.1) is 0 Å². The number of nitro benzene ring substituents is 1. The quantitative estimate of drug-likeness (QED) is 0.415. The molecule has 0 fully saturated rings.